The van der Waals surface area contributed by atoms with E-state index in [2.05, 4.69) is 119 Å². The van der Waals surface area contributed by atoms with Crippen molar-refractivity contribution in [3.05, 3.63) is 138 Å². The van der Waals surface area contributed by atoms with Gasteiger partial charge < -0.3 is 0 Å². The van der Waals surface area contributed by atoms with Crippen molar-refractivity contribution in [1.82, 2.24) is 9.78 Å². The van der Waals surface area contributed by atoms with Crippen LogP contribution in [0.15, 0.2) is 121 Å². The molecule has 3 aromatic carbocycles. The van der Waals surface area contributed by atoms with Gasteiger partial charge in [-0.3, -0.25) is 4.68 Å². The second kappa shape index (κ2) is 7.53. The van der Waals surface area contributed by atoms with Crippen LogP contribution in [-0.4, -0.2) is 9.78 Å². The summed E-state index contributed by atoms with van der Waals surface area (Å²) in [5.41, 5.74) is 4.11. The average molecular weight is 393 g/mol. The summed E-state index contributed by atoms with van der Waals surface area (Å²) in [6.45, 7) is 0. The van der Waals surface area contributed by atoms with Gasteiger partial charge in [0.25, 0.3) is 0 Å². The Hall–Kier alpha value is -3.43. The van der Waals surface area contributed by atoms with Gasteiger partial charge in [0.15, 0.2) is 0 Å². The number of aromatic nitrogens is 2. The third-order valence-corrected chi connectivity index (χ3v) is 6.23. The second-order valence-corrected chi connectivity index (χ2v) is 7.91. The Morgan fingerprint density at radius 3 is 1.59 bits per heavy atom. The first kappa shape index (κ1) is 17.7. The third kappa shape index (κ3) is 3.00. The first-order chi connectivity index (χ1) is 14.4. The summed E-state index contributed by atoms with van der Waals surface area (Å²) in [5, 5.41) is 7.00. The fourth-order valence-corrected chi connectivity index (χ4v) is 4.71. The zero-order valence-corrected chi connectivity index (χ0v) is 16.7. The minimum atomic E-state index is -0.556. The molecule has 5 aromatic rings. The highest BCUT2D eigenvalue weighted by molar-refractivity contribution is 7.13. The number of thiophene rings is 1. The smallest absolute Gasteiger partial charge is 0.138 e. The molecule has 0 saturated carbocycles. The summed E-state index contributed by atoms with van der Waals surface area (Å²) in [4.78, 5) is 1.22. The first-order valence-electron chi connectivity index (χ1n) is 9.64. The molecule has 2 nitrogen and oxygen atoms in total. The Bertz CT molecular complexity index is 1080. The highest BCUT2D eigenvalue weighted by Gasteiger charge is 2.39. The monoisotopic (exact) mass is 392 g/mol. The van der Waals surface area contributed by atoms with Gasteiger partial charge in [0.1, 0.15) is 5.54 Å². The molecule has 3 heteroatoms. The van der Waals surface area contributed by atoms with Crippen molar-refractivity contribution in [2.75, 3.05) is 0 Å². The van der Waals surface area contributed by atoms with Crippen LogP contribution in [0.3, 0.4) is 0 Å². The van der Waals surface area contributed by atoms with E-state index in [9.17, 15) is 0 Å². The van der Waals surface area contributed by atoms with Crippen molar-refractivity contribution < 1.29 is 0 Å². The van der Waals surface area contributed by atoms with Gasteiger partial charge >= 0.3 is 0 Å². The van der Waals surface area contributed by atoms with Gasteiger partial charge in [-0.05, 0) is 28.1 Å². The predicted molar refractivity (Wildman–Crippen MR) is 120 cm³/mol. The summed E-state index contributed by atoms with van der Waals surface area (Å²) in [6.07, 6.45) is 4.13. The zero-order valence-electron chi connectivity index (χ0n) is 15.8. The highest BCUT2D eigenvalue weighted by atomic mass is 32.1. The van der Waals surface area contributed by atoms with Crippen LogP contribution in [0, 0.1) is 0 Å². The minimum Gasteiger partial charge on any atom is -0.252 e. The average Bonchev–Trinajstić information content (AvgIpc) is 3.49. The van der Waals surface area contributed by atoms with E-state index in [1.165, 1.54) is 21.6 Å². The minimum absolute atomic E-state index is 0.556. The van der Waals surface area contributed by atoms with Gasteiger partial charge in [-0.2, -0.15) is 5.10 Å². The molecule has 0 aliphatic carbocycles. The third-order valence-electron chi connectivity index (χ3n) is 5.31. The van der Waals surface area contributed by atoms with E-state index in [0.717, 1.165) is 5.56 Å². The number of rotatable bonds is 5. The molecule has 0 amide bonds. The Morgan fingerprint density at radius 1 is 0.621 bits per heavy atom. The standard InChI is InChI=1S/C26H20N2S/c1-4-11-22(12-5-1)26(23-13-6-2-7-14-23,24-15-8-3-9-16-24)28-20-21(19-27-28)25-17-10-18-29-25/h1-20H. The van der Waals surface area contributed by atoms with E-state index in [1.807, 2.05) is 6.20 Å². The maximum absolute atomic E-state index is 4.90. The molecular formula is C26H20N2S. The predicted octanol–water partition coefficient (Wildman–Crippen LogP) is 6.45. The van der Waals surface area contributed by atoms with Gasteiger partial charge in [-0.15, -0.1) is 11.3 Å². The van der Waals surface area contributed by atoms with E-state index in [4.69, 9.17) is 5.10 Å². The SMILES string of the molecule is c1ccc(C(c2ccccc2)(c2ccccc2)n2cc(-c3cccs3)cn2)cc1. The van der Waals surface area contributed by atoms with Crippen molar-refractivity contribution >= 4 is 11.3 Å². The lowest BCUT2D eigenvalue weighted by molar-refractivity contribution is 0.460. The van der Waals surface area contributed by atoms with E-state index >= 15 is 0 Å². The molecule has 5 rings (SSSR count). The van der Waals surface area contributed by atoms with Crippen LogP contribution < -0.4 is 0 Å². The Kier molecular flexibility index (Phi) is 4.59. The molecule has 0 saturated heterocycles. The summed E-state index contributed by atoms with van der Waals surface area (Å²) in [5.74, 6) is 0. The normalized spacial score (nSPS) is 11.4. The van der Waals surface area contributed by atoms with Crippen LogP contribution in [0.5, 0.6) is 0 Å². The van der Waals surface area contributed by atoms with Crippen molar-refractivity contribution in [1.29, 1.82) is 0 Å². The largest absolute Gasteiger partial charge is 0.252 e. The fraction of sp³-hybridized carbons (Fsp3) is 0.0385. The molecule has 2 aromatic heterocycles. The highest BCUT2D eigenvalue weighted by Crippen LogP contribution is 2.41. The molecule has 140 valence electrons. The van der Waals surface area contributed by atoms with E-state index in [0.29, 0.717) is 0 Å². The molecule has 0 aliphatic heterocycles. The molecule has 0 atom stereocenters. The van der Waals surface area contributed by atoms with E-state index in [-0.39, 0.29) is 0 Å². The molecule has 0 bridgehead atoms. The van der Waals surface area contributed by atoms with Gasteiger partial charge in [0.05, 0.1) is 6.20 Å². The summed E-state index contributed by atoms with van der Waals surface area (Å²) >= 11 is 1.73. The lowest BCUT2D eigenvalue weighted by atomic mass is 9.77. The van der Waals surface area contributed by atoms with Crippen LogP contribution in [0.4, 0.5) is 0 Å². The fourth-order valence-electron chi connectivity index (χ4n) is 4.01. The van der Waals surface area contributed by atoms with Crippen LogP contribution in [0.1, 0.15) is 16.7 Å². The molecule has 0 fully saturated rings. The molecular weight excluding hydrogens is 372 g/mol. The Labute approximate surface area is 174 Å². The lowest BCUT2D eigenvalue weighted by Crippen LogP contribution is -2.38. The van der Waals surface area contributed by atoms with Crippen LogP contribution >= 0.6 is 11.3 Å². The van der Waals surface area contributed by atoms with E-state index in [1.54, 1.807) is 11.3 Å². The Morgan fingerprint density at radius 2 is 1.14 bits per heavy atom. The van der Waals surface area contributed by atoms with E-state index < -0.39 is 5.54 Å². The van der Waals surface area contributed by atoms with Crippen LogP contribution in [-0.2, 0) is 5.54 Å². The second-order valence-electron chi connectivity index (χ2n) is 6.96. The molecule has 29 heavy (non-hydrogen) atoms. The number of hydrogen-bond donors (Lipinski definition) is 0. The van der Waals surface area contributed by atoms with Gasteiger partial charge in [-0.1, -0.05) is 97.1 Å². The van der Waals surface area contributed by atoms with Crippen molar-refractivity contribution in [2.45, 2.75) is 5.54 Å². The quantitative estimate of drug-likeness (QED) is 0.314. The van der Waals surface area contributed by atoms with Gasteiger partial charge in [0, 0.05) is 16.6 Å². The van der Waals surface area contributed by atoms with Crippen LogP contribution in [0.25, 0.3) is 10.4 Å². The molecule has 0 unspecified atom stereocenters. The Balaban J connectivity index is 1.84. The number of nitrogens with zero attached hydrogens (tertiary/aromatic N) is 2. The molecule has 0 aliphatic rings. The maximum atomic E-state index is 4.90. The maximum Gasteiger partial charge on any atom is 0.138 e. The molecule has 0 radical (unpaired) electrons. The molecule has 0 N–H and O–H groups in total. The molecule has 2 heterocycles. The first-order valence-corrected chi connectivity index (χ1v) is 10.5. The molecule has 0 spiro atoms. The zero-order chi connectivity index (χ0) is 19.5. The number of hydrogen-bond acceptors (Lipinski definition) is 2. The van der Waals surface area contributed by atoms with Crippen LogP contribution in [0.2, 0.25) is 0 Å². The lowest BCUT2D eigenvalue weighted by Gasteiger charge is -2.36. The van der Waals surface area contributed by atoms with Gasteiger partial charge in [-0.25, -0.2) is 0 Å². The van der Waals surface area contributed by atoms with Crippen molar-refractivity contribution in [3.8, 4) is 10.4 Å². The summed E-state index contributed by atoms with van der Waals surface area (Å²) < 4.78 is 2.11. The summed E-state index contributed by atoms with van der Waals surface area (Å²) in [6, 6.07) is 36.1. The number of benzene rings is 3. The summed E-state index contributed by atoms with van der Waals surface area (Å²) in [7, 11) is 0. The van der Waals surface area contributed by atoms with Crippen molar-refractivity contribution in [3.63, 3.8) is 0 Å². The topological polar surface area (TPSA) is 17.8 Å². The van der Waals surface area contributed by atoms with Gasteiger partial charge in [0.2, 0.25) is 0 Å². The van der Waals surface area contributed by atoms with Crippen molar-refractivity contribution in [2.24, 2.45) is 0 Å².